The molecule has 0 saturated carbocycles. The lowest BCUT2D eigenvalue weighted by molar-refractivity contribution is 0.102. The number of hydrogen-bond donors (Lipinski definition) is 1. The summed E-state index contributed by atoms with van der Waals surface area (Å²) in [5, 5.41) is 3.03. The van der Waals surface area contributed by atoms with Crippen molar-refractivity contribution in [2.45, 2.75) is 33.7 Å². The lowest BCUT2D eigenvalue weighted by atomic mass is 9.96. The number of pyridine rings is 1. The van der Waals surface area contributed by atoms with Gasteiger partial charge in [-0.1, -0.05) is 80.6 Å². The fourth-order valence-corrected chi connectivity index (χ4v) is 5.30. The van der Waals surface area contributed by atoms with Gasteiger partial charge in [0.2, 0.25) is 0 Å². The third-order valence-corrected chi connectivity index (χ3v) is 7.44. The molecule has 0 bridgehead atoms. The number of anilines is 2. The van der Waals surface area contributed by atoms with Gasteiger partial charge < -0.3 is 10.2 Å². The molecule has 1 fully saturated rings. The number of carbonyl (C=O) groups excluding carboxylic acids is 1. The largest absolute Gasteiger partial charge is 0.354 e. The fraction of sp³-hybridized carbons (Fsp3) is 0.294. The Hall–Kier alpha value is -3.96. The highest BCUT2D eigenvalue weighted by molar-refractivity contribution is 6.06. The number of hydrogen-bond acceptors (Lipinski definition) is 4. The highest BCUT2D eigenvalue weighted by Gasteiger charge is 2.19. The van der Waals surface area contributed by atoms with E-state index in [9.17, 15) is 4.79 Å². The summed E-state index contributed by atoms with van der Waals surface area (Å²) in [6, 6.07) is 29.1. The van der Waals surface area contributed by atoms with Gasteiger partial charge in [0.15, 0.2) is 0 Å². The highest BCUT2D eigenvalue weighted by Crippen LogP contribution is 2.26. The van der Waals surface area contributed by atoms with Crippen LogP contribution in [0.2, 0.25) is 0 Å². The van der Waals surface area contributed by atoms with Gasteiger partial charge in [-0.3, -0.25) is 9.69 Å². The molecule has 1 N–H and O–H groups in total. The summed E-state index contributed by atoms with van der Waals surface area (Å²) in [4.78, 5) is 22.6. The molecule has 200 valence electrons. The Morgan fingerprint density at radius 1 is 0.846 bits per heavy atom. The van der Waals surface area contributed by atoms with Crippen molar-refractivity contribution < 1.29 is 4.79 Å². The van der Waals surface area contributed by atoms with E-state index >= 15 is 0 Å². The molecule has 39 heavy (non-hydrogen) atoms. The number of piperazine rings is 1. The number of aromatic nitrogens is 1. The fourth-order valence-electron chi connectivity index (χ4n) is 5.30. The monoisotopic (exact) mass is 518 g/mol. The van der Waals surface area contributed by atoms with Crippen LogP contribution in [-0.2, 0) is 13.0 Å². The van der Waals surface area contributed by atoms with E-state index in [4.69, 9.17) is 0 Å². The van der Waals surface area contributed by atoms with E-state index in [0.717, 1.165) is 61.7 Å². The Morgan fingerprint density at radius 2 is 1.56 bits per heavy atom. The van der Waals surface area contributed by atoms with Crippen molar-refractivity contribution in [2.24, 2.45) is 5.92 Å². The standard InChI is InChI=1S/C34H38N4O/c1-25(2)22-27-12-14-28(15-13-27)24-37-18-20-38(21-19-37)33-17-16-30(23-35-33)36-34(39)32-11-7-10-31(26(32)3)29-8-5-4-6-9-29/h4-17,23,25H,18-22,24H2,1-3H3,(H,36,39). The maximum atomic E-state index is 13.1. The summed E-state index contributed by atoms with van der Waals surface area (Å²) in [5.74, 6) is 1.52. The van der Waals surface area contributed by atoms with E-state index in [1.165, 1.54) is 11.1 Å². The van der Waals surface area contributed by atoms with Gasteiger partial charge in [0.25, 0.3) is 5.91 Å². The van der Waals surface area contributed by atoms with Gasteiger partial charge >= 0.3 is 0 Å². The molecule has 0 spiro atoms. The molecule has 1 aromatic heterocycles. The second-order valence-electron chi connectivity index (χ2n) is 10.9. The molecule has 0 aliphatic carbocycles. The van der Waals surface area contributed by atoms with E-state index in [0.29, 0.717) is 17.2 Å². The van der Waals surface area contributed by atoms with Crippen molar-refractivity contribution in [1.29, 1.82) is 0 Å². The van der Waals surface area contributed by atoms with Crippen LogP contribution >= 0.6 is 0 Å². The average Bonchev–Trinajstić information content (AvgIpc) is 2.95. The molecule has 4 aromatic rings. The predicted octanol–water partition coefficient (Wildman–Crippen LogP) is 6.83. The lowest BCUT2D eigenvalue weighted by Gasteiger charge is -2.35. The van der Waals surface area contributed by atoms with Gasteiger partial charge in [0, 0.05) is 38.3 Å². The van der Waals surface area contributed by atoms with Crippen LogP contribution in [0.25, 0.3) is 11.1 Å². The van der Waals surface area contributed by atoms with E-state index < -0.39 is 0 Å². The SMILES string of the molecule is Cc1c(C(=O)Nc2ccc(N3CCN(Cc4ccc(CC(C)C)cc4)CC3)nc2)cccc1-c1ccccc1. The Balaban J connectivity index is 1.15. The van der Waals surface area contributed by atoms with E-state index in [1.807, 2.05) is 49.4 Å². The van der Waals surface area contributed by atoms with Gasteiger partial charge in [-0.2, -0.15) is 0 Å². The molecule has 5 heteroatoms. The minimum Gasteiger partial charge on any atom is -0.354 e. The molecule has 2 heterocycles. The molecular formula is C34H38N4O. The van der Waals surface area contributed by atoms with Crippen LogP contribution in [0.4, 0.5) is 11.5 Å². The first-order valence-electron chi connectivity index (χ1n) is 13.9. The third-order valence-electron chi connectivity index (χ3n) is 7.44. The zero-order chi connectivity index (χ0) is 27.2. The van der Waals surface area contributed by atoms with Crippen LogP contribution in [0.3, 0.4) is 0 Å². The van der Waals surface area contributed by atoms with E-state index in [1.54, 1.807) is 6.20 Å². The quantitative estimate of drug-likeness (QED) is 0.278. The molecular weight excluding hydrogens is 480 g/mol. The van der Waals surface area contributed by atoms with Crippen molar-refractivity contribution in [3.05, 3.63) is 113 Å². The van der Waals surface area contributed by atoms with Crippen LogP contribution in [0.1, 0.15) is 40.9 Å². The van der Waals surface area contributed by atoms with Gasteiger partial charge in [-0.15, -0.1) is 0 Å². The van der Waals surface area contributed by atoms with Gasteiger partial charge in [0.05, 0.1) is 11.9 Å². The van der Waals surface area contributed by atoms with Crippen LogP contribution < -0.4 is 10.2 Å². The Bertz CT molecular complexity index is 1370. The number of nitrogens with zero attached hydrogens (tertiary/aromatic N) is 3. The molecule has 1 aliphatic rings. The minimum atomic E-state index is -0.120. The van der Waals surface area contributed by atoms with Crippen molar-refractivity contribution in [1.82, 2.24) is 9.88 Å². The van der Waals surface area contributed by atoms with Crippen LogP contribution in [-0.4, -0.2) is 42.0 Å². The summed E-state index contributed by atoms with van der Waals surface area (Å²) in [7, 11) is 0. The molecule has 5 rings (SSSR count). The smallest absolute Gasteiger partial charge is 0.255 e. The average molecular weight is 519 g/mol. The second-order valence-corrected chi connectivity index (χ2v) is 10.9. The highest BCUT2D eigenvalue weighted by atomic mass is 16.1. The topological polar surface area (TPSA) is 48.5 Å². The molecule has 1 saturated heterocycles. The lowest BCUT2D eigenvalue weighted by Crippen LogP contribution is -2.46. The van der Waals surface area contributed by atoms with Crippen LogP contribution in [0, 0.1) is 12.8 Å². The molecule has 0 radical (unpaired) electrons. The predicted molar refractivity (Wildman–Crippen MR) is 161 cm³/mol. The molecule has 3 aromatic carbocycles. The molecule has 1 amide bonds. The number of rotatable bonds is 8. The van der Waals surface area contributed by atoms with Crippen LogP contribution in [0.5, 0.6) is 0 Å². The van der Waals surface area contributed by atoms with Crippen molar-refractivity contribution in [3.63, 3.8) is 0 Å². The van der Waals surface area contributed by atoms with E-state index in [2.05, 4.69) is 76.4 Å². The number of amides is 1. The number of nitrogens with one attached hydrogen (secondary N) is 1. The van der Waals surface area contributed by atoms with Gasteiger partial charge in [-0.05, 0) is 65.3 Å². The van der Waals surface area contributed by atoms with Crippen molar-refractivity contribution in [3.8, 4) is 11.1 Å². The Morgan fingerprint density at radius 3 is 2.23 bits per heavy atom. The maximum absolute atomic E-state index is 13.1. The zero-order valence-corrected chi connectivity index (χ0v) is 23.2. The molecule has 0 unspecified atom stereocenters. The molecule has 0 atom stereocenters. The third kappa shape index (κ3) is 6.73. The normalized spacial score (nSPS) is 14.0. The maximum Gasteiger partial charge on any atom is 0.255 e. The summed E-state index contributed by atoms with van der Waals surface area (Å²) in [6.45, 7) is 11.4. The van der Waals surface area contributed by atoms with Crippen molar-refractivity contribution >= 4 is 17.4 Å². The molecule has 5 nitrogen and oxygen atoms in total. The summed E-state index contributed by atoms with van der Waals surface area (Å²) in [5.41, 5.74) is 7.31. The van der Waals surface area contributed by atoms with Crippen molar-refractivity contribution in [2.75, 3.05) is 36.4 Å². The Labute approximate surface area is 232 Å². The van der Waals surface area contributed by atoms with Gasteiger partial charge in [0.1, 0.15) is 5.82 Å². The number of carbonyl (C=O) groups is 1. The summed E-state index contributed by atoms with van der Waals surface area (Å²) >= 11 is 0. The Kier molecular flexibility index (Phi) is 8.38. The van der Waals surface area contributed by atoms with Gasteiger partial charge in [-0.25, -0.2) is 4.98 Å². The first kappa shape index (κ1) is 26.6. The zero-order valence-electron chi connectivity index (χ0n) is 23.2. The van der Waals surface area contributed by atoms with E-state index in [-0.39, 0.29) is 5.91 Å². The first-order valence-corrected chi connectivity index (χ1v) is 13.9. The first-order chi connectivity index (χ1) is 19.0. The second kappa shape index (κ2) is 12.3. The summed E-state index contributed by atoms with van der Waals surface area (Å²) in [6.07, 6.45) is 2.89. The minimum absolute atomic E-state index is 0.120. The number of benzene rings is 3. The molecule has 1 aliphatic heterocycles. The van der Waals surface area contributed by atoms with Crippen LogP contribution in [0.15, 0.2) is 91.1 Å². The summed E-state index contributed by atoms with van der Waals surface area (Å²) < 4.78 is 0.